The molecule has 6 heteroatoms. The van der Waals surface area contributed by atoms with Crippen molar-refractivity contribution in [3.05, 3.63) is 36.0 Å². The zero-order valence-electron chi connectivity index (χ0n) is 10.3. The van der Waals surface area contributed by atoms with Crippen LogP contribution in [0.3, 0.4) is 0 Å². The fraction of sp³-hybridized carbons (Fsp3) is 0.231. The Morgan fingerprint density at radius 2 is 2.16 bits per heavy atom. The lowest BCUT2D eigenvalue weighted by Crippen LogP contribution is -2.43. The van der Waals surface area contributed by atoms with Crippen LogP contribution in [0.15, 0.2) is 30.3 Å². The normalized spacial score (nSPS) is 12.3. The maximum absolute atomic E-state index is 11.9. The topological polar surface area (TPSA) is 91.4 Å². The summed E-state index contributed by atoms with van der Waals surface area (Å²) >= 11 is 0. The summed E-state index contributed by atoms with van der Waals surface area (Å²) in [5, 5.41) is 12.2. The molecule has 0 aliphatic carbocycles. The highest BCUT2D eigenvalue weighted by Crippen LogP contribution is 2.14. The zero-order chi connectivity index (χ0) is 13.8. The average Bonchev–Trinajstić information content (AvgIpc) is 2.81. The van der Waals surface area contributed by atoms with E-state index in [1.165, 1.54) is 7.11 Å². The molecule has 2 aromatic rings. The van der Waals surface area contributed by atoms with Crippen LogP contribution in [0, 0.1) is 0 Å². The largest absolute Gasteiger partial charge is 0.480 e. The number of nitrogens with one attached hydrogen (secondary N) is 2. The van der Waals surface area contributed by atoms with Crippen LogP contribution in [0.5, 0.6) is 0 Å². The molecule has 3 N–H and O–H groups in total. The van der Waals surface area contributed by atoms with Crippen molar-refractivity contribution in [1.29, 1.82) is 0 Å². The minimum atomic E-state index is -1.13. The maximum Gasteiger partial charge on any atom is 0.328 e. The summed E-state index contributed by atoms with van der Waals surface area (Å²) in [5.74, 6) is -1.60. The van der Waals surface area contributed by atoms with E-state index in [-0.39, 0.29) is 6.61 Å². The number of hydrogen-bond acceptors (Lipinski definition) is 3. The molecule has 0 spiro atoms. The molecule has 0 bridgehead atoms. The Kier molecular flexibility index (Phi) is 3.82. The summed E-state index contributed by atoms with van der Waals surface area (Å²) in [4.78, 5) is 25.8. The van der Waals surface area contributed by atoms with Crippen molar-refractivity contribution < 1.29 is 19.4 Å². The van der Waals surface area contributed by atoms with Gasteiger partial charge < -0.3 is 20.1 Å². The number of H-pyrrole nitrogens is 1. The lowest BCUT2D eigenvalue weighted by molar-refractivity contribution is -0.140. The van der Waals surface area contributed by atoms with Gasteiger partial charge in [0.1, 0.15) is 5.69 Å². The minimum Gasteiger partial charge on any atom is -0.480 e. The third kappa shape index (κ3) is 2.92. The molecular formula is C13H14N2O4. The van der Waals surface area contributed by atoms with Crippen LogP contribution in [0.25, 0.3) is 10.9 Å². The van der Waals surface area contributed by atoms with Gasteiger partial charge in [-0.2, -0.15) is 0 Å². The highest BCUT2D eigenvalue weighted by Gasteiger charge is 2.21. The second-order valence-corrected chi connectivity index (χ2v) is 4.09. The van der Waals surface area contributed by atoms with E-state index in [0.29, 0.717) is 5.69 Å². The number of fused-ring (bicyclic) bond motifs is 1. The Morgan fingerprint density at radius 1 is 1.42 bits per heavy atom. The van der Waals surface area contributed by atoms with E-state index in [9.17, 15) is 9.59 Å². The van der Waals surface area contributed by atoms with Gasteiger partial charge in [0.15, 0.2) is 6.04 Å². The summed E-state index contributed by atoms with van der Waals surface area (Å²) in [5.41, 5.74) is 1.15. The van der Waals surface area contributed by atoms with E-state index >= 15 is 0 Å². The standard InChI is InChI=1S/C13H14N2O4/c1-19-7-11(13(17)18)15-12(16)10-6-8-4-2-3-5-9(8)14-10/h2-6,11,14H,7H2,1H3,(H,15,16)(H,17,18). The lowest BCUT2D eigenvalue weighted by Gasteiger charge is -2.12. The Morgan fingerprint density at radius 3 is 2.79 bits per heavy atom. The quantitative estimate of drug-likeness (QED) is 0.749. The first kappa shape index (κ1) is 13.1. The van der Waals surface area contributed by atoms with Gasteiger partial charge >= 0.3 is 5.97 Å². The van der Waals surface area contributed by atoms with E-state index in [2.05, 4.69) is 10.3 Å². The number of aliphatic carboxylic acids is 1. The van der Waals surface area contributed by atoms with E-state index in [1.54, 1.807) is 6.07 Å². The summed E-state index contributed by atoms with van der Waals surface area (Å²) in [7, 11) is 1.38. The number of rotatable bonds is 5. The van der Waals surface area contributed by atoms with Crippen molar-refractivity contribution in [3.8, 4) is 0 Å². The van der Waals surface area contributed by atoms with Crippen LogP contribution < -0.4 is 5.32 Å². The number of aromatic nitrogens is 1. The number of carboxylic acids is 1. The predicted octanol–water partition coefficient (Wildman–Crippen LogP) is 0.997. The number of ether oxygens (including phenoxy) is 1. The number of methoxy groups -OCH3 is 1. The van der Waals surface area contributed by atoms with Crippen LogP contribution in [0.2, 0.25) is 0 Å². The molecule has 1 amide bonds. The molecule has 1 unspecified atom stereocenters. The number of para-hydroxylation sites is 1. The number of benzene rings is 1. The van der Waals surface area contributed by atoms with E-state index < -0.39 is 17.9 Å². The van der Waals surface area contributed by atoms with Crippen molar-refractivity contribution in [2.45, 2.75) is 6.04 Å². The SMILES string of the molecule is COCC(NC(=O)c1cc2ccccc2[nH]1)C(=O)O. The lowest BCUT2D eigenvalue weighted by atomic mass is 10.2. The Balaban J connectivity index is 2.16. The molecule has 0 aliphatic heterocycles. The van der Waals surface area contributed by atoms with Gasteiger partial charge in [0.05, 0.1) is 6.61 Å². The summed E-state index contributed by atoms with van der Waals surface area (Å²) < 4.78 is 4.76. The molecule has 0 saturated carbocycles. The molecule has 1 aromatic heterocycles. The van der Waals surface area contributed by atoms with Gasteiger partial charge in [0.25, 0.3) is 5.91 Å². The molecular weight excluding hydrogens is 248 g/mol. The highest BCUT2D eigenvalue weighted by molar-refractivity contribution is 5.99. The van der Waals surface area contributed by atoms with Gasteiger partial charge in [-0.15, -0.1) is 0 Å². The summed E-state index contributed by atoms with van der Waals surface area (Å²) in [6.07, 6.45) is 0. The first-order chi connectivity index (χ1) is 9.11. The number of aromatic amines is 1. The second-order valence-electron chi connectivity index (χ2n) is 4.09. The van der Waals surface area contributed by atoms with Crippen molar-refractivity contribution in [2.75, 3.05) is 13.7 Å². The summed E-state index contributed by atoms with van der Waals surface area (Å²) in [6, 6.07) is 8.04. The Bertz CT molecular complexity index is 572. The number of hydrogen-bond donors (Lipinski definition) is 3. The molecule has 2 rings (SSSR count). The molecule has 100 valence electrons. The molecule has 0 saturated heterocycles. The number of carboxylic acid groups (broad SMARTS) is 1. The van der Waals surface area contributed by atoms with E-state index in [0.717, 1.165) is 10.9 Å². The van der Waals surface area contributed by atoms with Gasteiger partial charge in [-0.05, 0) is 12.1 Å². The van der Waals surface area contributed by atoms with E-state index in [1.807, 2.05) is 24.3 Å². The molecule has 0 aliphatic rings. The minimum absolute atomic E-state index is 0.0820. The van der Waals surface area contributed by atoms with Crippen LogP contribution in [-0.4, -0.2) is 41.7 Å². The fourth-order valence-corrected chi connectivity index (χ4v) is 1.77. The average molecular weight is 262 g/mol. The number of amides is 1. The van der Waals surface area contributed by atoms with Crippen LogP contribution in [0.4, 0.5) is 0 Å². The first-order valence-corrected chi connectivity index (χ1v) is 5.72. The molecule has 0 fully saturated rings. The maximum atomic E-state index is 11.9. The third-order valence-corrected chi connectivity index (χ3v) is 2.71. The van der Waals surface area contributed by atoms with Gasteiger partial charge in [-0.3, -0.25) is 4.79 Å². The van der Waals surface area contributed by atoms with Gasteiger partial charge in [0, 0.05) is 18.0 Å². The van der Waals surface area contributed by atoms with E-state index in [4.69, 9.17) is 9.84 Å². The fourth-order valence-electron chi connectivity index (χ4n) is 1.77. The third-order valence-electron chi connectivity index (χ3n) is 2.71. The number of carbonyl (C=O) groups is 2. The second kappa shape index (κ2) is 5.53. The monoisotopic (exact) mass is 262 g/mol. The molecule has 1 heterocycles. The van der Waals surface area contributed by atoms with Gasteiger partial charge in [0.2, 0.25) is 0 Å². The predicted molar refractivity (Wildman–Crippen MR) is 69.1 cm³/mol. The van der Waals surface area contributed by atoms with Crippen molar-refractivity contribution in [1.82, 2.24) is 10.3 Å². The van der Waals surface area contributed by atoms with Crippen molar-refractivity contribution >= 4 is 22.8 Å². The van der Waals surface area contributed by atoms with Crippen LogP contribution in [0.1, 0.15) is 10.5 Å². The van der Waals surface area contributed by atoms with Crippen LogP contribution in [-0.2, 0) is 9.53 Å². The molecule has 0 radical (unpaired) electrons. The van der Waals surface area contributed by atoms with Gasteiger partial charge in [-0.1, -0.05) is 18.2 Å². The first-order valence-electron chi connectivity index (χ1n) is 5.72. The molecule has 1 aromatic carbocycles. The van der Waals surface area contributed by atoms with Gasteiger partial charge in [-0.25, -0.2) is 4.79 Å². The highest BCUT2D eigenvalue weighted by atomic mass is 16.5. The van der Waals surface area contributed by atoms with Crippen molar-refractivity contribution in [2.24, 2.45) is 0 Å². The Labute approximate surface area is 109 Å². The zero-order valence-corrected chi connectivity index (χ0v) is 10.3. The van der Waals surface area contributed by atoms with Crippen LogP contribution >= 0.6 is 0 Å². The summed E-state index contributed by atoms with van der Waals surface area (Å²) in [6.45, 7) is -0.0820. The molecule has 6 nitrogen and oxygen atoms in total. The molecule has 19 heavy (non-hydrogen) atoms. The van der Waals surface area contributed by atoms with Crippen molar-refractivity contribution in [3.63, 3.8) is 0 Å². The smallest absolute Gasteiger partial charge is 0.328 e. The number of carbonyl (C=O) groups excluding carboxylic acids is 1. The Hall–Kier alpha value is -2.34. The molecule has 1 atom stereocenters.